The van der Waals surface area contributed by atoms with Crippen molar-refractivity contribution in [3.63, 3.8) is 0 Å². The summed E-state index contributed by atoms with van der Waals surface area (Å²) in [5.41, 5.74) is -1.51. The summed E-state index contributed by atoms with van der Waals surface area (Å²) in [5.74, 6) is -1.53. The maximum absolute atomic E-state index is 12.4. The Bertz CT molecular complexity index is 876. The number of alkyl halides is 3. The number of halogens is 3. The van der Waals surface area contributed by atoms with Crippen molar-refractivity contribution in [1.82, 2.24) is 4.90 Å². The van der Waals surface area contributed by atoms with Crippen molar-refractivity contribution in [2.75, 3.05) is 20.1 Å². The fourth-order valence-corrected chi connectivity index (χ4v) is 4.01. The zero-order valence-electron chi connectivity index (χ0n) is 15.3. The molecule has 0 spiro atoms. The normalized spacial score (nSPS) is 18.8. The van der Waals surface area contributed by atoms with Crippen LogP contribution in [0.2, 0.25) is 0 Å². The van der Waals surface area contributed by atoms with E-state index in [2.05, 4.69) is 4.74 Å². The van der Waals surface area contributed by atoms with Gasteiger partial charge in [0, 0.05) is 18.5 Å². The lowest BCUT2D eigenvalue weighted by molar-refractivity contribution is -0.274. The Morgan fingerprint density at radius 3 is 2.21 bits per heavy atom. The molecule has 150 valence electrons. The van der Waals surface area contributed by atoms with Crippen LogP contribution in [0.5, 0.6) is 5.75 Å². The topological polar surface area (TPSA) is 70.0 Å². The lowest BCUT2D eigenvalue weighted by atomic mass is 9.62. The van der Waals surface area contributed by atoms with Gasteiger partial charge in [0.25, 0.3) is 0 Å². The summed E-state index contributed by atoms with van der Waals surface area (Å²) >= 11 is 0. The van der Waals surface area contributed by atoms with E-state index >= 15 is 0 Å². The molecule has 1 aliphatic rings. The Morgan fingerprint density at radius 1 is 1.11 bits per heavy atom. The molecule has 0 radical (unpaired) electrons. The van der Waals surface area contributed by atoms with Gasteiger partial charge in [0.05, 0.1) is 5.56 Å². The van der Waals surface area contributed by atoms with Crippen LogP contribution in [0.1, 0.15) is 28.4 Å². The van der Waals surface area contributed by atoms with Crippen LogP contribution in [0.15, 0.2) is 48.5 Å². The summed E-state index contributed by atoms with van der Waals surface area (Å²) in [4.78, 5) is 13.4. The summed E-state index contributed by atoms with van der Waals surface area (Å²) in [7, 11) is 1.89. The molecule has 0 aromatic heterocycles. The van der Waals surface area contributed by atoms with Crippen LogP contribution in [-0.4, -0.2) is 47.6 Å². The van der Waals surface area contributed by atoms with Crippen LogP contribution in [0.3, 0.4) is 0 Å². The van der Waals surface area contributed by atoms with Crippen molar-refractivity contribution in [1.29, 1.82) is 0 Å². The van der Waals surface area contributed by atoms with Crippen LogP contribution >= 0.6 is 0 Å². The van der Waals surface area contributed by atoms with Gasteiger partial charge >= 0.3 is 12.3 Å². The van der Waals surface area contributed by atoms with Gasteiger partial charge in [-0.2, -0.15) is 0 Å². The van der Waals surface area contributed by atoms with Crippen molar-refractivity contribution in [3.8, 4) is 5.75 Å². The van der Waals surface area contributed by atoms with Crippen molar-refractivity contribution in [2.45, 2.75) is 18.9 Å². The van der Waals surface area contributed by atoms with Crippen LogP contribution in [0.25, 0.3) is 0 Å². The summed E-state index contributed by atoms with van der Waals surface area (Å²) in [6, 6.07) is 11.0. The third kappa shape index (κ3) is 3.57. The number of carboxylic acids is 1. The first-order valence-corrected chi connectivity index (χ1v) is 8.56. The number of rotatable bonds is 5. The molecule has 1 heterocycles. The first kappa shape index (κ1) is 20.2. The molecule has 1 aliphatic heterocycles. The SMILES string of the molecule is CN1CC(C)(C(O)(c2ccc(OC(F)(F)F)cc2)c2cccc(C(=O)O)c2)C1. The fraction of sp³-hybridized carbons (Fsp3) is 0.350. The van der Waals surface area contributed by atoms with Gasteiger partial charge in [-0.15, -0.1) is 13.2 Å². The number of carboxylic acid groups (broad SMARTS) is 1. The average molecular weight is 395 g/mol. The molecule has 0 aliphatic carbocycles. The van der Waals surface area contributed by atoms with Gasteiger partial charge < -0.3 is 19.8 Å². The second-order valence-corrected chi connectivity index (χ2v) is 7.40. The van der Waals surface area contributed by atoms with Gasteiger partial charge in [0.1, 0.15) is 11.4 Å². The quantitative estimate of drug-likeness (QED) is 0.811. The van der Waals surface area contributed by atoms with Crippen LogP contribution in [0, 0.1) is 5.41 Å². The third-order valence-electron chi connectivity index (χ3n) is 5.14. The standard InChI is InChI=1S/C20H20F3NO4/c1-18(11-24(2)12-18)19(27,15-5-3-4-13(10-15)17(25)26)14-6-8-16(9-7-14)28-20(21,22)23/h3-10,27H,11-12H2,1-2H3,(H,25,26). The van der Waals surface area contributed by atoms with E-state index in [0.717, 1.165) is 12.1 Å². The molecule has 5 nitrogen and oxygen atoms in total. The number of aliphatic hydroxyl groups is 1. The van der Waals surface area contributed by atoms with E-state index in [1.54, 1.807) is 6.07 Å². The van der Waals surface area contributed by atoms with E-state index < -0.39 is 29.1 Å². The van der Waals surface area contributed by atoms with Crippen molar-refractivity contribution < 1.29 is 32.9 Å². The molecule has 2 N–H and O–H groups in total. The van der Waals surface area contributed by atoms with E-state index in [-0.39, 0.29) is 5.56 Å². The van der Waals surface area contributed by atoms with E-state index in [9.17, 15) is 28.2 Å². The second kappa shape index (κ2) is 6.79. The Labute approximate surface area is 160 Å². The molecule has 0 amide bonds. The second-order valence-electron chi connectivity index (χ2n) is 7.40. The molecule has 2 aromatic carbocycles. The number of likely N-dealkylation sites (tertiary alicyclic amines) is 1. The minimum atomic E-state index is -4.81. The van der Waals surface area contributed by atoms with E-state index in [4.69, 9.17) is 0 Å². The monoisotopic (exact) mass is 395 g/mol. The van der Waals surface area contributed by atoms with Gasteiger partial charge in [-0.25, -0.2) is 4.79 Å². The highest BCUT2D eigenvalue weighted by molar-refractivity contribution is 5.87. The molecule has 1 unspecified atom stereocenters. The van der Waals surface area contributed by atoms with Gasteiger partial charge in [-0.1, -0.05) is 31.2 Å². The highest BCUT2D eigenvalue weighted by Crippen LogP contribution is 2.50. The number of hydrogen-bond acceptors (Lipinski definition) is 4. The molecule has 3 rings (SSSR count). The van der Waals surface area contributed by atoms with E-state index in [1.807, 2.05) is 18.9 Å². The van der Waals surface area contributed by atoms with Gasteiger partial charge in [-0.05, 0) is 42.4 Å². The minimum Gasteiger partial charge on any atom is -0.478 e. The highest BCUT2D eigenvalue weighted by atomic mass is 19.4. The zero-order valence-corrected chi connectivity index (χ0v) is 15.3. The molecule has 8 heteroatoms. The first-order chi connectivity index (χ1) is 12.9. The highest BCUT2D eigenvalue weighted by Gasteiger charge is 2.55. The lowest BCUT2D eigenvalue weighted by Crippen LogP contribution is -2.63. The number of benzene rings is 2. The van der Waals surface area contributed by atoms with Crippen LogP contribution in [0.4, 0.5) is 13.2 Å². The smallest absolute Gasteiger partial charge is 0.478 e. The van der Waals surface area contributed by atoms with Crippen molar-refractivity contribution in [3.05, 3.63) is 65.2 Å². The summed E-state index contributed by atoms with van der Waals surface area (Å²) in [6.45, 7) is 2.92. The number of aromatic carboxylic acids is 1. The van der Waals surface area contributed by atoms with Crippen molar-refractivity contribution >= 4 is 5.97 Å². The van der Waals surface area contributed by atoms with Gasteiger partial charge in [0.15, 0.2) is 0 Å². The molecule has 1 fully saturated rings. The molecule has 2 aromatic rings. The Kier molecular flexibility index (Phi) is 4.89. The maximum atomic E-state index is 12.4. The summed E-state index contributed by atoms with van der Waals surface area (Å²) in [5, 5.41) is 21.1. The fourth-order valence-electron chi connectivity index (χ4n) is 4.01. The van der Waals surface area contributed by atoms with E-state index in [1.165, 1.54) is 30.3 Å². The Balaban J connectivity index is 2.08. The molecule has 1 atom stereocenters. The largest absolute Gasteiger partial charge is 0.573 e. The lowest BCUT2D eigenvalue weighted by Gasteiger charge is -2.56. The maximum Gasteiger partial charge on any atom is 0.573 e. The summed E-state index contributed by atoms with van der Waals surface area (Å²) in [6.07, 6.45) is -4.81. The van der Waals surface area contributed by atoms with Gasteiger partial charge in [0.2, 0.25) is 0 Å². The zero-order chi connectivity index (χ0) is 20.7. The molecule has 28 heavy (non-hydrogen) atoms. The van der Waals surface area contributed by atoms with Gasteiger partial charge in [-0.3, -0.25) is 0 Å². The molecule has 0 saturated carbocycles. The first-order valence-electron chi connectivity index (χ1n) is 8.56. The predicted molar refractivity (Wildman–Crippen MR) is 95.1 cm³/mol. The predicted octanol–water partition coefficient (Wildman–Crippen LogP) is 3.47. The average Bonchev–Trinajstić information content (AvgIpc) is 2.59. The number of nitrogens with zero attached hydrogens (tertiary/aromatic N) is 1. The van der Waals surface area contributed by atoms with Crippen LogP contribution < -0.4 is 4.74 Å². The number of ether oxygens (including phenoxy) is 1. The Morgan fingerprint density at radius 2 is 1.71 bits per heavy atom. The number of carbonyl (C=O) groups is 1. The number of hydrogen-bond donors (Lipinski definition) is 2. The van der Waals surface area contributed by atoms with Crippen LogP contribution in [-0.2, 0) is 5.60 Å². The molecule has 0 bridgehead atoms. The van der Waals surface area contributed by atoms with Crippen molar-refractivity contribution in [2.24, 2.45) is 5.41 Å². The molecular weight excluding hydrogens is 375 g/mol. The Hall–Kier alpha value is -2.58. The minimum absolute atomic E-state index is 0.0178. The molecular formula is C20H20F3NO4. The third-order valence-corrected chi connectivity index (χ3v) is 5.14. The van der Waals surface area contributed by atoms with E-state index in [0.29, 0.717) is 24.2 Å². The molecule has 1 saturated heterocycles. The summed E-state index contributed by atoms with van der Waals surface area (Å²) < 4.78 is 41.2.